The van der Waals surface area contributed by atoms with Crippen LogP contribution in [0, 0.1) is 6.92 Å². The first-order valence-electron chi connectivity index (χ1n) is 9.42. The number of aliphatic hydroxyl groups is 1. The Morgan fingerprint density at radius 1 is 1.19 bits per heavy atom. The molecule has 8 nitrogen and oxygen atoms in total. The normalized spacial score (nSPS) is 15.9. The van der Waals surface area contributed by atoms with Crippen molar-refractivity contribution >= 4 is 45.5 Å². The highest BCUT2D eigenvalue weighted by molar-refractivity contribution is 7.17. The second-order valence-corrected chi connectivity index (χ2v) is 8.75. The Morgan fingerprint density at radius 3 is 2.62 bits per heavy atom. The van der Waals surface area contributed by atoms with E-state index in [0.29, 0.717) is 21.9 Å². The third-order valence-electron chi connectivity index (χ3n) is 4.97. The number of aliphatic hydroxyl groups excluding tert-OH is 1. The van der Waals surface area contributed by atoms with E-state index in [4.69, 9.17) is 9.47 Å². The first-order chi connectivity index (χ1) is 15.4. The number of benzene rings is 1. The largest absolute Gasteiger partial charge is 0.503 e. The molecule has 0 aliphatic carbocycles. The summed E-state index contributed by atoms with van der Waals surface area (Å²) in [5.74, 6) is -1.94. The van der Waals surface area contributed by atoms with Gasteiger partial charge in [0.25, 0.3) is 5.91 Å². The number of carbonyl (C=O) groups excluding carboxylic acids is 3. The summed E-state index contributed by atoms with van der Waals surface area (Å²) in [4.78, 5) is 44.8. The van der Waals surface area contributed by atoms with E-state index in [1.54, 1.807) is 48.7 Å². The van der Waals surface area contributed by atoms with Gasteiger partial charge in [0, 0.05) is 0 Å². The number of rotatable bonds is 6. The Kier molecular flexibility index (Phi) is 5.81. The van der Waals surface area contributed by atoms with E-state index in [1.165, 1.54) is 30.5 Å². The van der Waals surface area contributed by atoms with Gasteiger partial charge >= 0.3 is 5.97 Å². The molecule has 32 heavy (non-hydrogen) atoms. The van der Waals surface area contributed by atoms with Crippen LogP contribution in [-0.2, 0) is 9.53 Å². The van der Waals surface area contributed by atoms with Crippen LogP contribution in [0.15, 0.2) is 53.1 Å². The average Bonchev–Trinajstić information content (AvgIpc) is 3.52. The van der Waals surface area contributed by atoms with Crippen LogP contribution in [0.5, 0.6) is 5.75 Å². The minimum Gasteiger partial charge on any atom is -0.503 e. The number of aryl methyl sites for hydroxylation is 1. The smallest absolute Gasteiger partial charge is 0.350 e. The van der Waals surface area contributed by atoms with Crippen molar-refractivity contribution < 1.29 is 29.0 Å². The summed E-state index contributed by atoms with van der Waals surface area (Å²) in [6.45, 7) is 1.62. The lowest BCUT2D eigenvalue weighted by Crippen LogP contribution is -2.31. The molecule has 1 aromatic carbocycles. The topological polar surface area (TPSA) is 106 Å². The number of ketones is 1. The van der Waals surface area contributed by atoms with E-state index >= 15 is 0 Å². The Balaban J connectivity index is 1.89. The lowest BCUT2D eigenvalue weighted by molar-refractivity contribution is -0.117. The summed E-state index contributed by atoms with van der Waals surface area (Å²) in [6.07, 6.45) is 0. The highest BCUT2D eigenvalue weighted by atomic mass is 32.1. The lowest BCUT2D eigenvalue weighted by Gasteiger charge is -2.24. The summed E-state index contributed by atoms with van der Waals surface area (Å²) in [7, 11) is 2.76. The number of Topliss-reactive ketones (excluding diaryl/α,β-unsaturated/α-hetero) is 1. The fourth-order valence-corrected chi connectivity index (χ4v) is 5.16. The molecule has 1 unspecified atom stereocenters. The molecule has 1 amide bonds. The summed E-state index contributed by atoms with van der Waals surface area (Å²) in [6, 6.07) is 9.28. The molecular weight excluding hydrogens is 452 g/mol. The highest BCUT2D eigenvalue weighted by Crippen LogP contribution is 2.44. The monoisotopic (exact) mass is 470 g/mol. The van der Waals surface area contributed by atoms with E-state index in [1.807, 2.05) is 0 Å². The van der Waals surface area contributed by atoms with Crippen molar-refractivity contribution in [2.45, 2.75) is 13.0 Å². The predicted octanol–water partition coefficient (Wildman–Crippen LogP) is 4.09. The van der Waals surface area contributed by atoms with Gasteiger partial charge < -0.3 is 14.6 Å². The zero-order chi connectivity index (χ0) is 23.0. The summed E-state index contributed by atoms with van der Waals surface area (Å²) < 4.78 is 10.1. The number of ether oxygens (including phenoxy) is 2. The quantitative estimate of drug-likeness (QED) is 0.427. The minimum absolute atomic E-state index is 0.0572. The van der Waals surface area contributed by atoms with Crippen LogP contribution in [0.3, 0.4) is 0 Å². The fraction of sp³-hybridized carbons (Fsp3) is 0.182. The van der Waals surface area contributed by atoms with Gasteiger partial charge in [-0.3, -0.25) is 14.5 Å². The van der Waals surface area contributed by atoms with Gasteiger partial charge in [0.1, 0.15) is 10.6 Å². The molecule has 0 saturated carbocycles. The number of methoxy groups -OCH3 is 2. The number of anilines is 1. The van der Waals surface area contributed by atoms with Crippen LogP contribution < -0.4 is 9.64 Å². The highest BCUT2D eigenvalue weighted by Gasteiger charge is 2.46. The third kappa shape index (κ3) is 3.57. The number of amides is 1. The standard InChI is InChI=1S/C22H18N2O6S2/c1-11-19(21(28)30-3)32-22(23-11)24-16(12-6-4-7-13(10-12)29-2)15(18(26)20(24)27)17(25)14-8-5-9-31-14/h4-10,16,26H,1-3H3. The molecule has 1 N–H and O–H groups in total. The first kappa shape index (κ1) is 21.7. The molecule has 0 radical (unpaired) electrons. The zero-order valence-electron chi connectivity index (χ0n) is 17.3. The maximum Gasteiger partial charge on any atom is 0.350 e. The lowest BCUT2D eigenvalue weighted by atomic mass is 9.95. The van der Waals surface area contributed by atoms with Gasteiger partial charge in [-0.05, 0) is 36.1 Å². The number of esters is 1. The van der Waals surface area contributed by atoms with Gasteiger partial charge in [0.15, 0.2) is 10.9 Å². The maximum absolute atomic E-state index is 13.3. The first-order valence-corrected chi connectivity index (χ1v) is 11.1. The number of thiazole rings is 1. The molecule has 164 valence electrons. The van der Waals surface area contributed by atoms with Crippen molar-refractivity contribution in [2.75, 3.05) is 19.1 Å². The van der Waals surface area contributed by atoms with Crippen molar-refractivity contribution in [1.82, 2.24) is 4.98 Å². The molecule has 10 heteroatoms. The van der Waals surface area contributed by atoms with E-state index in [0.717, 1.165) is 11.3 Å². The van der Waals surface area contributed by atoms with E-state index in [-0.39, 0.29) is 15.6 Å². The van der Waals surface area contributed by atoms with Gasteiger partial charge in [0.2, 0.25) is 5.78 Å². The second kappa shape index (κ2) is 8.56. The molecule has 0 fully saturated rings. The Morgan fingerprint density at radius 2 is 1.97 bits per heavy atom. The van der Waals surface area contributed by atoms with Gasteiger partial charge in [-0.2, -0.15) is 0 Å². The average molecular weight is 471 g/mol. The molecule has 1 aliphatic heterocycles. The molecule has 2 aromatic heterocycles. The Bertz CT molecular complexity index is 1250. The minimum atomic E-state index is -0.955. The number of hydrogen-bond donors (Lipinski definition) is 1. The van der Waals surface area contributed by atoms with Crippen LogP contribution >= 0.6 is 22.7 Å². The van der Waals surface area contributed by atoms with Crippen LogP contribution in [-0.4, -0.2) is 42.0 Å². The molecule has 3 heterocycles. The number of thiophene rings is 1. The number of hydrogen-bond acceptors (Lipinski definition) is 9. The SMILES string of the molecule is COC(=O)c1sc(N2C(=O)C(O)=C(C(=O)c3cccs3)C2c2cccc(OC)c2)nc1C. The summed E-state index contributed by atoms with van der Waals surface area (Å²) in [5.41, 5.74) is 0.874. The number of nitrogens with zero attached hydrogens (tertiary/aromatic N) is 2. The van der Waals surface area contributed by atoms with Crippen molar-refractivity contribution in [1.29, 1.82) is 0 Å². The molecule has 0 spiro atoms. The number of aromatic nitrogens is 1. The molecule has 1 aliphatic rings. The zero-order valence-corrected chi connectivity index (χ0v) is 19.0. The van der Waals surface area contributed by atoms with Crippen LogP contribution in [0.2, 0.25) is 0 Å². The predicted molar refractivity (Wildman–Crippen MR) is 120 cm³/mol. The van der Waals surface area contributed by atoms with E-state index in [2.05, 4.69) is 4.98 Å². The number of carbonyl (C=O) groups is 3. The Hall–Kier alpha value is -3.50. The van der Waals surface area contributed by atoms with Crippen molar-refractivity contribution in [3.8, 4) is 5.75 Å². The molecule has 3 aromatic rings. The Labute approximate surface area is 191 Å². The van der Waals surface area contributed by atoms with Crippen LogP contribution in [0.25, 0.3) is 0 Å². The maximum atomic E-state index is 13.3. The molecule has 0 bridgehead atoms. The molecule has 0 saturated heterocycles. The van der Waals surface area contributed by atoms with Gasteiger partial charge in [0.05, 0.1) is 36.4 Å². The molecular formula is C22H18N2O6S2. The van der Waals surface area contributed by atoms with E-state index in [9.17, 15) is 19.5 Å². The summed E-state index contributed by atoms with van der Waals surface area (Å²) >= 11 is 2.17. The van der Waals surface area contributed by atoms with Crippen LogP contribution in [0.1, 0.15) is 36.6 Å². The van der Waals surface area contributed by atoms with Gasteiger partial charge in [-0.25, -0.2) is 9.78 Å². The summed E-state index contributed by atoms with van der Waals surface area (Å²) in [5, 5.41) is 12.7. The van der Waals surface area contributed by atoms with Gasteiger partial charge in [-0.15, -0.1) is 11.3 Å². The third-order valence-corrected chi connectivity index (χ3v) is 6.97. The van der Waals surface area contributed by atoms with Gasteiger partial charge in [-0.1, -0.05) is 29.5 Å². The van der Waals surface area contributed by atoms with Crippen LogP contribution in [0.4, 0.5) is 5.13 Å². The van der Waals surface area contributed by atoms with Crippen molar-refractivity contribution in [3.05, 3.63) is 74.1 Å². The molecule has 4 rings (SSSR count). The second-order valence-electron chi connectivity index (χ2n) is 6.83. The van der Waals surface area contributed by atoms with Crippen molar-refractivity contribution in [3.63, 3.8) is 0 Å². The van der Waals surface area contributed by atoms with Crippen molar-refractivity contribution in [2.24, 2.45) is 0 Å². The fourth-order valence-electron chi connectivity index (χ4n) is 3.47. The molecule has 1 atom stereocenters. The van der Waals surface area contributed by atoms with E-state index < -0.39 is 29.5 Å².